The number of ether oxygens (including phenoxy) is 1. The molecule has 0 radical (unpaired) electrons. The molecule has 0 spiro atoms. The molecule has 198 valence electrons. The van der Waals surface area contributed by atoms with Gasteiger partial charge >= 0.3 is 12.1 Å². The molecule has 1 N–H and O–H groups in total. The van der Waals surface area contributed by atoms with E-state index in [1.54, 1.807) is 6.07 Å². The van der Waals surface area contributed by atoms with Gasteiger partial charge in [-0.15, -0.1) is 0 Å². The van der Waals surface area contributed by atoms with Crippen LogP contribution < -0.4 is 4.90 Å². The van der Waals surface area contributed by atoms with Gasteiger partial charge in [0.25, 0.3) is 10.0 Å². The van der Waals surface area contributed by atoms with Crippen LogP contribution in [0.15, 0.2) is 71.8 Å². The molecule has 2 aromatic carbocycles. The number of morpholine rings is 1. The number of hydrogen-bond donors (Lipinski definition) is 1. The van der Waals surface area contributed by atoms with Gasteiger partial charge in [0.1, 0.15) is 10.7 Å². The fraction of sp³-hybridized carbons (Fsp3) is 0.231. The van der Waals surface area contributed by atoms with E-state index in [-0.39, 0.29) is 33.5 Å². The number of benzene rings is 2. The van der Waals surface area contributed by atoms with Crippen LogP contribution in [0.2, 0.25) is 0 Å². The highest BCUT2D eigenvalue weighted by Crippen LogP contribution is 2.34. The lowest BCUT2D eigenvalue weighted by molar-refractivity contribution is -0.137. The Morgan fingerprint density at radius 3 is 2.32 bits per heavy atom. The van der Waals surface area contributed by atoms with Crippen LogP contribution >= 0.6 is 0 Å². The van der Waals surface area contributed by atoms with Crippen LogP contribution in [0.5, 0.6) is 0 Å². The zero-order valence-corrected chi connectivity index (χ0v) is 20.7. The van der Waals surface area contributed by atoms with Crippen molar-refractivity contribution in [1.29, 1.82) is 0 Å². The van der Waals surface area contributed by atoms with Crippen molar-refractivity contribution in [3.05, 3.63) is 89.2 Å². The Morgan fingerprint density at radius 2 is 1.71 bits per heavy atom. The molecule has 8 nitrogen and oxygen atoms in total. The van der Waals surface area contributed by atoms with Crippen LogP contribution in [0.1, 0.15) is 27.2 Å². The number of fused-ring (bicyclic) bond motifs is 1. The van der Waals surface area contributed by atoms with Crippen molar-refractivity contribution in [2.24, 2.45) is 0 Å². The summed E-state index contributed by atoms with van der Waals surface area (Å²) >= 11 is 0. The topological polar surface area (TPSA) is 102 Å². The monoisotopic (exact) mass is 545 g/mol. The summed E-state index contributed by atoms with van der Waals surface area (Å²) in [5, 5.41) is 9.25. The Balaban J connectivity index is 1.59. The third-order valence-electron chi connectivity index (χ3n) is 6.34. The Bertz CT molecular complexity index is 1590. The maximum Gasteiger partial charge on any atom is 0.416 e. The fourth-order valence-electron chi connectivity index (χ4n) is 4.42. The van der Waals surface area contributed by atoms with E-state index in [1.807, 2.05) is 4.90 Å². The Kier molecular flexibility index (Phi) is 6.61. The molecule has 1 saturated heterocycles. The summed E-state index contributed by atoms with van der Waals surface area (Å²) in [6.45, 7) is 2.31. The van der Waals surface area contributed by atoms with Crippen LogP contribution in [0.3, 0.4) is 0 Å². The predicted octanol–water partition coefficient (Wildman–Crippen LogP) is 4.42. The number of rotatable bonds is 6. The summed E-state index contributed by atoms with van der Waals surface area (Å²) in [4.78, 5) is 17.3. The lowest BCUT2D eigenvalue weighted by Crippen LogP contribution is -2.36. The first-order valence-corrected chi connectivity index (χ1v) is 13.1. The third kappa shape index (κ3) is 4.96. The van der Waals surface area contributed by atoms with E-state index in [9.17, 15) is 26.4 Å². The molecule has 0 saturated carbocycles. The van der Waals surface area contributed by atoms with Gasteiger partial charge in [0, 0.05) is 36.8 Å². The fourth-order valence-corrected chi connectivity index (χ4v) is 5.90. The summed E-state index contributed by atoms with van der Waals surface area (Å²) in [6, 6.07) is 13.2. The molecule has 3 heterocycles. The maximum atomic E-state index is 13.8. The van der Waals surface area contributed by atoms with E-state index in [4.69, 9.17) is 9.84 Å². The van der Waals surface area contributed by atoms with E-state index in [1.165, 1.54) is 42.6 Å². The number of halogens is 3. The summed E-state index contributed by atoms with van der Waals surface area (Å²) in [5.41, 5.74) is 0.0646. The van der Waals surface area contributed by atoms with Crippen molar-refractivity contribution in [3.8, 4) is 0 Å². The Morgan fingerprint density at radius 1 is 1.00 bits per heavy atom. The van der Waals surface area contributed by atoms with Gasteiger partial charge in [0.05, 0.1) is 29.9 Å². The molecule has 4 aromatic rings. The summed E-state index contributed by atoms with van der Waals surface area (Å²) < 4.78 is 74.1. The number of anilines is 1. The minimum Gasteiger partial charge on any atom is -0.478 e. The van der Waals surface area contributed by atoms with Gasteiger partial charge < -0.3 is 14.7 Å². The van der Waals surface area contributed by atoms with Gasteiger partial charge in [-0.25, -0.2) is 22.2 Å². The second-order valence-electron chi connectivity index (χ2n) is 8.81. The van der Waals surface area contributed by atoms with Crippen LogP contribution in [-0.2, 0) is 27.4 Å². The SMILES string of the molecule is O=C(O)c1ccc(Cc2cc3cc(C(F)(F)F)ccc3n2S(=O)(=O)c2ccc(N3CCOCC3)nc2)cc1. The van der Waals surface area contributed by atoms with Gasteiger partial charge in [-0.2, -0.15) is 13.2 Å². The molecule has 2 aromatic heterocycles. The maximum absolute atomic E-state index is 13.8. The molecule has 38 heavy (non-hydrogen) atoms. The molecule has 0 amide bonds. The first-order chi connectivity index (χ1) is 18.0. The number of carboxylic acid groups (broad SMARTS) is 1. The molecule has 0 bridgehead atoms. The number of carboxylic acids is 1. The molecule has 0 unspecified atom stereocenters. The third-order valence-corrected chi connectivity index (χ3v) is 8.09. The van der Waals surface area contributed by atoms with Crippen molar-refractivity contribution < 1.29 is 36.2 Å². The molecule has 0 atom stereocenters. The first kappa shape index (κ1) is 25.7. The second-order valence-corrected chi connectivity index (χ2v) is 10.6. The lowest BCUT2D eigenvalue weighted by atomic mass is 10.1. The van der Waals surface area contributed by atoms with Crippen molar-refractivity contribution in [2.45, 2.75) is 17.5 Å². The molecular weight excluding hydrogens is 523 g/mol. The number of hydrogen-bond acceptors (Lipinski definition) is 6. The minimum absolute atomic E-state index is 0.0362. The van der Waals surface area contributed by atoms with Gasteiger partial charge in [-0.3, -0.25) is 0 Å². The minimum atomic E-state index is -4.60. The highest BCUT2D eigenvalue weighted by molar-refractivity contribution is 7.90. The van der Waals surface area contributed by atoms with Crippen molar-refractivity contribution >= 4 is 32.7 Å². The number of pyridine rings is 1. The zero-order chi connectivity index (χ0) is 27.1. The highest BCUT2D eigenvalue weighted by Gasteiger charge is 2.32. The number of nitrogens with zero attached hydrogens (tertiary/aromatic N) is 3. The van der Waals surface area contributed by atoms with E-state index in [2.05, 4.69) is 4.98 Å². The average Bonchev–Trinajstić information content (AvgIpc) is 3.27. The molecule has 1 aliphatic heterocycles. The van der Waals surface area contributed by atoms with Crippen molar-refractivity contribution in [2.75, 3.05) is 31.2 Å². The molecule has 1 aliphatic rings. The van der Waals surface area contributed by atoms with Gasteiger partial charge in [-0.1, -0.05) is 12.1 Å². The molecular formula is C26H22F3N3O5S. The normalized spacial score (nSPS) is 14.7. The molecule has 1 fully saturated rings. The van der Waals surface area contributed by atoms with Crippen LogP contribution in [0, 0.1) is 0 Å². The summed E-state index contributed by atoms with van der Waals surface area (Å²) in [7, 11) is -4.25. The van der Waals surface area contributed by atoms with E-state index < -0.39 is 27.7 Å². The summed E-state index contributed by atoms with van der Waals surface area (Å²) in [6.07, 6.45) is -3.32. The Hall–Kier alpha value is -3.90. The number of aromatic nitrogens is 2. The zero-order valence-electron chi connectivity index (χ0n) is 19.9. The standard InChI is InChI=1S/C26H22F3N3O5S/c27-26(28,29)20-5-7-23-19(14-20)15-21(13-17-1-3-18(4-2-17)25(33)34)32(23)38(35,36)22-6-8-24(30-16-22)31-9-11-37-12-10-31/h1-8,14-16H,9-13H2,(H,33,34). The predicted molar refractivity (Wildman–Crippen MR) is 133 cm³/mol. The van der Waals surface area contributed by atoms with E-state index >= 15 is 0 Å². The summed E-state index contributed by atoms with van der Waals surface area (Å²) in [5.74, 6) is -0.515. The van der Waals surface area contributed by atoms with E-state index in [0.29, 0.717) is 37.7 Å². The van der Waals surface area contributed by atoms with Crippen LogP contribution in [-0.4, -0.2) is 54.8 Å². The van der Waals surface area contributed by atoms with Crippen LogP contribution in [0.25, 0.3) is 10.9 Å². The molecule has 0 aliphatic carbocycles. The van der Waals surface area contributed by atoms with Crippen molar-refractivity contribution in [3.63, 3.8) is 0 Å². The average molecular weight is 546 g/mol. The number of alkyl halides is 3. The van der Waals surface area contributed by atoms with Gasteiger partial charge in [0.15, 0.2) is 0 Å². The van der Waals surface area contributed by atoms with Crippen LogP contribution in [0.4, 0.5) is 19.0 Å². The Labute approximate surface area is 216 Å². The lowest BCUT2D eigenvalue weighted by Gasteiger charge is -2.27. The molecule has 5 rings (SSSR count). The van der Waals surface area contributed by atoms with Gasteiger partial charge in [-0.05, 0) is 54.1 Å². The number of aromatic carboxylic acids is 1. The van der Waals surface area contributed by atoms with Crippen molar-refractivity contribution in [1.82, 2.24) is 8.96 Å². The smallest absolute Gasteiger partial charge is 0.416 e. The molecule has 12 heteroatoms. The van der Waals surface area contributed by atoms with E-state index in [0.717, 1.165) is 22.2 Å². The quantitative estimate of drug-likeness (QED) is 0.383. The second kappa shape index (κ2) is 9.76. The first-order valence-electron chi connectivity index (χ1n) is 11.6. The largest absolute Gasteiger partial charge is 0.478 e. The van der Waals surface area contributed by atoms with Gasteiger partial charge in [0.2, 0.25) is 0 Å². The highest BCUT2D eigenvalue weighted by atomic mass is 32.2. The number of carbonyl (C=O) groups is 1.